The van der Waals surface area contributed by atoms with Crippen LogP contribution in [0.3, 0.4) is 0 Å². The highest BCUT2D eigenvalue weighted by atomic mass is 16.6. The van der Waals surface area contributed by atoms with E-state index in [1.165, 1.54) is 0 Å². The van der Waals surface area contributed by atoms with Crippen molar-refractivity contribution in [2.45, 2.75) is 13.3 Å². The molecule has 8 heteroatoms. The molecular weight excluding hydrogens is 386 g/mol. The molecule has 0 saturated carbocycles. The van der Waals surface area contributed by atoms with Crippen LogP contribution in [0.1, 0.15) is 18.9 Å². The average Bonchev–Trinajstić information content (AvgIpc) is 3.16. The number of ether oxygens (including phenoxy) is 3. The highest BCUT2D eigenvalue weighted by Gasteiger charge is 2.36. The highest BCUT2D eigenvalue weighted by molar-refractivity contribution is 6.04. The van der Waals surface area contributed by atoms with E-state index in [0.717, 1.165) is 0 Å². The van der Waals surface area contributed by atoms with Gasteiger partial charge in [0.1, 0.15) is 19.0 Å². The Labute approximate surface area is 173 Å². The zero-order chi connectivity index (χ0) is 21.1. The van der Waals surface area contributed by atoms with E-state index in [1.54, 1.807) is 41.3 Å². The quantitative estimate of drug-likeness (QED) is 0.818. The molecule has 1 saturated heterocycles. The van der Waals surface area contributed by atoms with E-state index >= 15 is 0 Å². The first-order valence-electron chi connectivity index (χ1n) is 9.77. The fraction of sp³-hybridized carbons (Fsp3) is 0.318. The zero-order valence-electron chi connectivity index (χ0n) is 16.5. The second-order valence-corrected chi connectivity index (χ2v) is 6.98. The van der Waals surface area contributed by atoms with Gasteiger partial charge >= 0.3 is 0 Å². The third-order valence-electron chi connectivity index (χ3n) is 5.00. The molecule has 0 bridgehead atoms. The Hall–Kier alpha value is -3.73. The Kier molecular flexibility index (Phi) is 5.44. The van der Waals surface area contributed by atoms with Gasteiger partial charge in [-0.05, 0) is 37.3 Å². The van der Waals surface area contributed by atoms with Crippen molar-refractivity contribution in [2.75, 3.05) is 36.6 Å². The van der Waals surface area contributed by atoms with Gasteiger partial charge < -0.3 is 24.4 Å². The lowest BCUT2D eigenvalue weighted by molar-refractivity contribution is -0.122. The first-order chi connectivity index (χ1) is 14.6. The Balaban J connectivity index is 1.49. The monoisotopic (exact) mass is 407 g/mol. The topological polar surface area (TPSA) is 101 Å². The Bertz CT molecular complexity index is 1030. The maximum Gasteiger partial charge on any atom is 0.229 e. The largest absolute Gasteiger partial charge is 0.492 e. The number of nitrogens with one attached hydrogen (secondary N) is 1. The number of hydrogen-bond acceptors (Lipinski definition) is 6. The summed E-state index contributed by atoms with van der Waals surface area (Å²) in [5, 5.41) is 12.0. The van der Waals surface area contributed by atoms with Gasteiger partial charge in [0.05, 0.1) is 29.8 Å². The van der Waals surface area contributed by atoms with E-state index in [4.69, 9.17) is 19.5 Å². The lowest BCUT2D eigenvalue weighted by Crippen LogP contribution is -2.28. The number of rotatable bonds is 5. The van der Waals surface area contributed by atoms with Gasteiger partial charge in [-0.3, -0.25) is 9.59 Å². The standard InChI is InChI=1S/C22H21N3O5/c1-2-28-18-5-3-14(12-23)9-17(18)24-22(27)15-10-21(26)25(13-15)16-4-6-19-20(11-16)30-8-7-29-19/h3-6,9,11,15H,2,7-8,10,13H2,1H3,(H,24,27). The third kappa shape index (κ3) is 3.87. The summed E-state index contributed by atoms with van der Waals surface area (Å²) in [6.45, 7) is 3.47. The predicted octanol–water partition coefficient (Wildman–Crippen LogP) is 2.72. The van der Waals surface area contributed by atoms with E-state index < -0.39 is 5.92 Å². The molecule has 1 unspecified atom stereocenters. The van der Waals surface area contributed by atoms with Crippen LogP contribution < -0.4 is 24.4 Å². The molecule has 0 radical (unpaired) electrons. The van der Waals surface area contributed by atoms with Crippen LogP contribution in [0.2, 0.25) is 0 Å². The highest BCUT2D eigenvalue weighted by Crippen LogP contribution is 2.36. The number of carbonyl (C=O) groups excluding carboxylic acids is 2. The molecule has 30 heavy (non-hydrogen) atoms. The van der Waals surface area contributed by atoms with Crippen molar-refractivity contribution >= 4 is 23.2 Å². The molecule has 2 aliphatic rings. The number of hydrogen-bond donors (Lipinski definition) is 1. The van der Waals surface area contributed by atoms with Gasteiger partial charge in [-0.15, -0.1) is 0 Å². The summed E-state index contributed by atoms with van der Waals surface area (Å²) in [6.07, 6.45) is 0.0994. The van der Waals surface area contributed by atoms with Gasteiger partial charge in [0.25, 0.3) is 0 Å². The number of benzene rings is 2. The van der Waals surface area contributed by atoms with Crippen molar-refractivity contribution in [3.63, 3.8) is 0 Å². The SMILES string of the molecule is CCOc1ccc(C#N)cc1NC(=O)C1CC(=O)N(c2ccc3c(c2)OCCO3)C1. The zero-order valence-corrected chi connectivity index (χ0v) is 16.5. The van der Waals surface area contributed by atoms with Crippen molar-refractivity contribution in [1.29, 1.82) is 5.26 Å². The van der Waals surface area contributed by atoms with E-state index in [9.17, 15) is 9.59 Å². The summed E-state index contributed by atoms with van der Waals surface area (Å²) in [4.78, 5) is 27.0. The molecule has 4 rings (SSSR count). The van der Waals surface area contributed by atoms with Crippen molar-refractivity contribution in [2.24, 2.45) is 5.92 Å². The van der Waals surface area contributed by atoms with E-state index in [-0.39, 0.29) is 24.8 Å². The minimum Gasteiger partial charge on any atom is -0.492 e. The maximum absolute atomic E-state index is 12.9. The second kappa shape index (κ2) is 8.33. The summed E-state index contributed by atoms with van der Waals surface area (Å²) >= 11 is 0. The van der Waals surface area contributed by atoms with E-state index in [1.807, 2.05) is 13.0 Å². The molecule has 8 nitrogen and oxygen atoms in total. The number of amides is 2. The van der Waals surface area contributed by atoms with Gasteiger partial charge in [-0.2, -0.15) is 5.26 Å². The molecule has 2 aliphatic heterocycles. The van der Waals surface area contributed by atoms with Crippen LogP contribution in [0, 0.1) is 17.2 Å². The predicted molar refractivity (Wildman–Crippen MR) is 109 cm³/mol. The van der Waals surface area contributed by atoms with Crippen LogP contribution in [0.15, 0.2) is 36.4 Å². The van der Waals surface area contributed by atoms with Crippen molar-refractivity contribution in [3.8, 4) is 23.3 Å². The normalized spacial score (nSPS) is 17.4. The van der Waals surface area contributed by atoms with Crippen LogP contribution >= 0.6 is 0 Å². The molecule has 0 spiro atoms. The molecule has 0 aliphatic carbocycles. The Morgan fingerprint density at radius 3 is 2.80 bits per heavy atom. The molecule has 2 amide bonds. The smallest absolute Gasteiger partial charge is 0.229 e. The summed E-state index contributed by atoms with van der Waals surface area (Å²) in [5.41, 5.74) is 1.50. The summed E-state index contributed by atoms with van der Waals surface area (Å²) < 4.78 is 16.6. The minimum absolute atomic E-state index is 0.0994. The molecule has 1 fully saturated rings. The maximum atomic E-state index is 12.9. The summed E-state index contributed by atoms with van der Waals surface area (Å²) in [6, 6.07) is 12.2. The number of anilines is 2. The van der Waals surface area contributed by atoms with Crippen molar-refractivity contribution < 1.29 is 23.8 Å². The van der Waals surface area contributed by atoms with E-state index in [2.05, 4.69) is 5.32 Å². The molecule has 1 N–H and O–H groups in total. The van der Waals surface area contributed by atoms with Crippen molar-refractivity contribution in [1.82, 2.24) is 0 Å². The second-order valence-electron chi connectivity index (χ2n) is 6.98. The molecule has 0 aromatic heterocycles. The molecule has 2 aromatic rings. The van der Waals surface area contributed by atoms with Crippen LogP contribution in [0.25, 0.3) is 0 Å². The van der Waals surface area contributed by atoms with Crippen LogP contribution in [-0.4, -0.2) is 38.2 Å². The lowest BCUT2D eigenvalue weighted by Gasteiger charge is -2.22. The van der Waals surface area contributed by atoms with Gasteiger partial charge in [-0.25, -0.2) is 0 Å². The average molecular weight is 407 g/mol. The number of carbonyl (C=O) groups is 2. The fourth-order valence-corrected chi connectivity index (χ4v) is 3.55. The summed E-state index contributed by atoms with van der Waals surface area (Å²) in [5.74, 6) is 0.770. The van der Waals surface area contributed by atoms with Gasteiger partial charge in [0.15, 0.2) is 11.5 Å². The fourth-order valence-electron chi connectivity index (χ4n) is 3.55. The van der Waals surface area contributed by atoms with Crippen LogP contribution in [0.5, 0.6) is 17.2 Å². The molecule has 2 heterocycles. The Morgan fingerprint density at radius 2 is 2.03 bits per heavy atom. The lowest BCUT2D eigenvalue weighted by atomic mass is 10.1. The molecule has 1 atom stereocenters. The number of fused-ring (bicyclic) bond motifs is 1. The van der Waals surface area contributed by atoms with Gasteiger partial charge in [0.2, 0.25) is 11.8 Å². The summed E-state index contributed by atoms with van der Waals surface area (Å²) in [7, 11) is 0. The minimum atomic E-state index is -0.522. The first-order valence-corrected chi connectivity index (χ1v) is 9.77. The number of nitrogens with zero attached hydrogens (tertiary/aromatic N) is 2. The first kappa shape index (κ1) is 19.6. The van der Waals surface area contributed by atoms with E-state index in [0.29, 0.717) is 54.0 Å². The molecule has 154 valence electrons. The van der Waals surface area contributed by atoms with Crippen LogP contribution in [0.4, 0.5) is 11.4 Å². The third-order valence-corrected chi connectivity index (χ3v) is 5.00. The number of nitriles is 1. The van der Waals surface area contributed by atoms with Crippen LogP contribution in [-0.2, 0) is 9.59 Å². The molecular formula is C22H21N3O5. The van der Waals surface area contributed by atoms with Gasteiger partial charge in [0, 0.05) is 24.7 Å². The Morgan fingerprint density at radius 1 is 1.23 bits per heavy atom. The van der Waals surface area contributed by atoms with Crippen molar-refractivity contribution in [3.05, 3.63) is 42.0 Å². The molecule has 2 aromatic carbocycles. The van der Waals surface area contributed by atoms with Gasteiger partial charge in [-0.1, -0.05) is 0 Å².